The van der Waals surface area contributed by atoms with Crippen molar-refractivity contribution >= 4 is 29.4 Å². The predicted octanol–water partition coefficient (Wildman–Crippen LogP) is 3.16. The summed E-state index contributed by atoms with van der Waals surface area (Å²) < 4.78 is 5.34. The molecule has 2 amide bonds. The first kappa shape index (κ1) is 16.2. The van der Waals surface area contributed by atoms with Gasteiger partial charge in [-0.25, -0.2) is 4.79 Å². The van der Waals surface area contributed by atoms with E-state index in [1.54, 1.807) is 50.2 Å². The lowest BCUT2D eigenvalue weighted by Gasteiger charge is -2.15. The molecule has 0 spiro atoms. The Balaban J connectivity index is 1.78. The van der Waals surface area contributed by atoms with Crippen LogP contribution in [0.4, 0.5) is 0 Å². The molecule has 5 nitrogen and oxygen atoms in total. The fourth-order valence-electron chi connectivity index (χ4n) is 2.72. The molecular weight excluding hydrogens is 330 g/mol. The number of rotatable bonds is 3. The maximum atomic E-state index is 12.3. The van der Waals surface area contributed by atoms with E-state index in [2.05, 4.69) is 0 Å². The van der Waals surface area contributed by atoms with Gasteiger partial charge >= 0.3 is 5.97 Å². The van der Waals surface area contributed by atoms with Crippen LogP contribution in [-0.2, 0) is 4.79 Å². The van der Waals surface area contributed by atoms with Gasteiger partial charge in [0.15, 0.2) is 0 Å². The molecule has 6 heteroatoms. The van der Waals surface area contributed by atoms with E-state index in [4.69, 9.17) is 16.3 Å². The number of aryl methyl sites for hydroxylation is 2. The highest BCUT2D eigenvalue weighted by molar-refractivity contribution is 6.30. The number of halogens is 1. The quantitative estimate of drug-likeness (QED) is 0.488. The standard InChI is InChI=1S/C18H14ClNO4/c1-10-7-12(19)8-11(2)16(10)24-15(21)9-20-17(22)13-5-3-4-6-14(13)18(20)23/h3-8H,9H2,1-2H3. The van der Waals surface area contributed by atoms with E-state index in [9.17, 15) is 14.4 Å². The molecule has 0 atom stereocenters. The Morgan fingerprint density at radius 3 is 2.04 bits per heavy atom. The maximum Gasteiger partial charge on any atom is 0.331 e. The van der Waals surface area contributed by atoms with Crippen LogP contribution < -0.4 is 4.74 Å². The third kappa shape index (κ3) is 2.78. The highest BCUT2D eigenvalue weighted by Crippen LogP contribution is 2.28. The molecule has 1 aliphatic heterocycles. The van der Waals surface area contributed by atoms with Crippen molar-refractivity contribution in [3.05, 3.63) is 63.7 Å². The van der Waals surface area contributed by atoms with Gasteiger partial charge in [0.1, 0.15) is 12.3 Å². The molecule has 0 saturated heterocycles. The predicted molar refractivity (Wildman–Crippen MR) is 88.4 cm³/mol. The van der Waals surface area contributed by atoms with Gasteiger partial charge in [-0.05, 0) is 49.2 Å². The van der Waals surface area contributed by atoms with Crippen LogP contribution in [0.2, 0.25) is 5.02 Å². The summed E-state index contributed by atoms with van der Waals surface area (Å²) in [4.78, 5) is 37.6. The molecule has 3 rings (SSSR count). The summed E-state index contributed by atoms with van der Waals surface area (Å²) >= 11 is 5.95. The van der Waals surface area contributed by atoms with Crippen molar-refractivity contribution in [1.29, 1.82) is 0 Å². The SMILES string of the molecule is Cc1cc(Cl)cc(C)c1OC(=O)CN1C(=O)c2ccccc2C1=O. The van der Waals surface area contributed by atoms with Crippen molar-refractivity contribution in [3.63, 3.8) is 0 Å². The Labute approximate surface area is 143 Å². The zero-order valence-corrected chi connectivity index (χ0v) is 13.9. The van der Waals surface area contributed by atoms with Gasteiger partial charge < -0.3 is 4.74 Å². The smallest absolute Gasteiger partial charge is 0.331 e. The summed E-state index contributed by atoms with van der Waals surface area (Å²) in [5, 5.41) is 0.546. The van der Waals surface area contributed by atoms with Crippen LogP contribution in [0.25, 0.3) is 0 Å². The number of esters is 1. The number of benzene rings is 2. The molecule has 0 unspecified atom stereocenters. The van der Waals surface area contributed by atoms with Gasteiger partial charge in [-0.3, -0.25) is 14.5 Å². The van der Waals surface area contributed by atoms with Gasteiger partial charge in [-0.15, -0.1) is 0 Å². The van der Waals surface area contributed by atoms with Gasteiger partial charge in [0, 0.05) is 5.02 Å². The average molecular weight is 344 g/mol. The summed E-state index contributed by atoms with van der Waals surface area (Å²) in [6, 6.07) is 9.83. The number of ether oxygens (including phenoxy) is 1. The number of fused-ring (bicyclic) bond motifs is 1. The third-order valence-corrected chi connectivity index (χ3v) is 4.02. The van der Waals surface area contributed by atoms with E-state index in [0.717, 1.165) is 4.90 Å². The van der Waals surface area contributed by atoms with Crippen LogP contribution >= 0.6 is 11.6 Å². The number of carbonyl (C=O) groups excluding carboxylic acids is 3. The van der Waals surface area contributed by atoms with E-state index in [1.165, 1.54) is 0 Å². The molecule has 1 aliphatic rings. The number of hydrogen-bond acceptors (Lipinski definition) is 4. The van der Waals surface area contributed by atoms with Crippen LogP contribution in [0.3, 0.4) is 0 Å². The highest BCUT2D eigenvalue weighted by atomic mass is 35.5. The Morgan fingerprint density at radius 1 is 1.04 bits per heavy atom. The molecule has 0 saturated carbocycles. The number of amides is 2. The van der Waals surface area contributed by atoms with Crippen LogP contribution in [0.1, 0.15) is 31.8 Å². The Kier molecular flexibility index (Phi) is 4.11. The zero-order chi connectivity index (χ0) is 17.4. The van der Waals surface area contributed by atoms with Crippen LogP contribution in [-0.4, -0.2) is 29.2 Å². The monoisotopic (exact) mass is 343 g/mol. The topological polar surface area (TPSA) is 63.7 Å². The first-order valence-corrected chi connectivity index (χ1v) is 7.69. The summed E-state index contributed by atoms with van der Waals surface area (Å²) in [6.07, 6.45) is 0. The normalized spacial score (nSPS) is 13.2. The summed E-state index contributed by atoms with van der Waals surface area (Å²) in [6.45, 7) is 3.10. The molecule has 2 aromatic rings. The number of imide groups is 1. The number of carbonyl (C=O) groups is 3. The minimum atomic E-state index is -0.682. The second kappa shape index (κ2) is 6.09. The lowest BCUT2D eigenvalue weighted by molar-refractivity contribution is -0.134. The summed E-state index contributed by atoms with van der Waals surface area (Å²) in [5.74, 6) is -1.27. The Bertz CT molecular complexity index is 817. The zero-order valence-electron chi connectivity index (χ0n) is 13.1. The van der Waals surface area contributed by atoms with Gasteiger partial charge in [-0.2, -0.15) is 0 Å². The second-order valence-corrected chi connectivity index (χ2v) is 6.02. The fourth-order valence-corrected chi connectivity index (χ4v) is 3.04. The molecule has 0 aliphatic carbocycles. The van der Waals surface area contributed by atoms with E-state index < -0.39 is 24.3 Å². The minimum Gasteiger partial charge on any atom is -0.425 e. The number of hydrogen-bond donors (Lipinski definition) is 0. The van der Waals surface area contributed by atoms with Crippen molar-refractivity contribution < 1.29 is 19.1 Å². The molecule has 2 aromatic carbocycles. The molecule has 1 heterocycles. The minimum absolute atomic E-state index is 0.300. The lowest BCUT2D eigenvalue weighted by Crippen LogP contribution is -2.36. The van der Waals surface area contributed by atoms with Crippen molar-refractivity contribution in [3.8, 4) is 5.75 Å². The van der Waals surface area contributed by atoms with E-state index >= 15 is 0 Å². The van der Waals surface area contributed by atoms with Crippen LogP contribution in [0.5, 0.6) is 5.75 Å². The van der Waals surface area contributed by atoms with Gasteiger partial charge in [0.2, 0.25) is 0 Å². The molecule has 0 aromatic heterocycles. The molecule has 0 fully saturated rings. The first-order valence-electron chi connectivity index (χ1n) is 7.31. The maximum absolute atomic E-state index is 12.3. The van der Waals surface area contributed by atoms with Crippen LogP contribution in [0, 0.1) is 13.8 Å². The van der Waals surface area contributed by atoms with E-state index in [-0.39, 0.29) is 0 Å². The molecule has 0 N–H and O–H groups in total. The van der Waals surface area contributed by atoms with E-state index in [0.29, 0.717) is 33.0 Å². The average Bonchev–Trinajstić information content (AvgIpc) is 2.76. The Hall–Kier alpha value is -2.66. The summed E-state index contributed by atoms with van der Waals surface area (Å²) in [5.41, 5.74) is 2.01. The van der Waals surface area contributed by atoms with Crippen LogP contribution in [0.15, 0.2) is 36.4 Å². The third-order valence-electron chi connectivity index (χ3n) is 3.81. The van der Waals surface area contributed by atoms with Crippen molar-refractivity contribution in [1.82, 2.24) is 4.90 Å². The van der Waals surface area contributed by atoms with Crippen molar-refractivity contribution in [2.45, 2.75) is 13.8 Å². The van der Waals surface area contributed by atoms with Crippen molar-refractivity contribution in [2.75, 3.05) is 6.54 Å². The molecule has 24 heavy (non-hydrogen) atoms. The first-order chi connectivity index (χ1) is 11.4. The second-order valence-electron chi connectivity index (χ2n) is 5.58. The fraction of sp³-hybridized carbons (Fsp3) is 0.167. The molecule has 122 valence electrons. The summed E-state index contributed by atoms with van der Waals surface area (Å²) in [7, 11) is 0. The number of nitrogens with zero attached hydrogens (tertiary/aromatic N) is 1. The molecule has 0 bridgehead atoms. The molecule has 0 radical (unpaired) electrons. The highest BCUT2D eigenvalue weighted by Gasteiger charge is 2.36. The van der Waals surface area contributed by atoms with Gasteiger partial charge in [-0.1, -0.05) is 23.7 Å². The van der Waals surface area contributed by atoms with Gasteiger partial charge in [0.05, 0.1) is 11.1 Å². The largest absolute Gasteiger partial charge is 0.425 e. The lowest BCUT2D eigenvalue weighted by atomic mass is 10.1. The van der Waals surface area contributed by atoms with E-state index in [1.807, 2.05) is 0 Å². The van der Waals surface area contributed by atoms with Crippen molar-refractivity contribution in [2.24, 2.45) is 0 Å². The van der Waals surface area contributed by atoms with Gasteiger partial charge in [0.25, 0.3) is 11.8 Å². The molecular formula is C18H14ClNO4. The Morgan fingerprint density at radius 2 is 1.54 bits per heavy atom.